The van der Waals surface area contributed by atoms with Gasteiger partial charge < -0.3 is 14.2 Å². The quantitative estimate of drug-likeness (QED) is 0.0596. The fraction of sp³-hybridized carbons (Fsp3) is 0.0588. The highest BCUT2D eigenvalue weighted by atomic mass is 32.1. The first-order valence-electron chi connectivity index (χ1n) is 21.1. The van der Waals surface area contributed by atoms with Gasteiger partial charge in [-0.05, 0) is 35.4 Å². The number of hydrogen-bond donors (Lipinski definition) is 0. The van der Waals surface area contributed by atoms with Crippen molar-refractivity contribution in [1.29, 1.82) is 21.0 Å². The third kappa shape index (κ3) is 7.38. The van der Waals surface area contributed by atoms with E-state index >= 15 is 9.59 Å². The van der Waals surface area contributed by atoms with Crippen LogP contribution in [0.5, 0.6) is 5.75 Å². The third-order valence-corrected chi connectivity index (χ3v) is 16.1. The topological polar surface area (TPSA) is 242 Å². The van der Waals surface area contributed by atoms with Crippen LogP contribution >= 0.6 is 45.3 Å². The Morgan fingerprint density at radius 3 is 1.43 bits per heavy atom. The molecule has 5 heterocycles. The summed E-state index contributed by atoms with van der Waals surface area (Å²) < 4.78 is 76.9. The van der Waals surface area contributed by atoms with E-state index in [-0.39, 0.29) is 92.1 Å². The number of carbonyl (C=O) groups is 4. The number of ketones is 2. The van der Waals surface area contributed by atoms with Crippen molar-refractivity contribution < 1.29 is 51.0 Å². The van der Waals surface area contributed by atoms with Crippen LogP contribution in [0.3, 0.4) is 0 Å². The van der Waals surface area contributed by atoms with Crippen LogP contribution in [0, 0.1) is 68.6 Å². The highest BCUT2D eigenvalue weighted by molar-refractivity contribution is 7.35. The molecule has 1 aliphatic heterocycles. The number of carbonyl (C=O) groups excluding carboxylic acids is 4. The summed E-state index contributed by atoms with van der Waals surface area (Å²) in [4.78, 5) is 76.8. The fourth-order valence-electron chi connectivity index (χ4n) is 8.37. The number of esters is 2. The van der Waals surface area contributed by atoms with E-state index in [2.05, 4.69) is 20.0 Å². The summed E-state index contributed by atoms with van der Waals surface area (Å²) in [6, 6.07) is 26.3. The predicted molar refractivity (Wildman–Crippen MR) is 261 cm³/mol. The number of thiophene rings is 2. The zero-order chi connectivity index (χ0) is 51.7. The molecule has 3 aliphatic rings. The van der Waals surface area contributed by atoms with E-state index in [0.717, 1.165) is 45.3 Å². The molecule has 0 amide bonds. The number of hydrogen-bond acceptors (Lipinski definition) is 19. The van der Waals surface area contributed by atoms with Crippen LogP contribution in [0.2, 0.25) is 0 Å². The third-order valence-electron chi connectivity index (χ3n) is 11.7. The van der Waals surface area contributed by atoms with Crippen LogP contribution in [-0.4, -0.2) is 44.9 Å². The standard InChI is InChI=1S/C51H18F4N8O7S4/c52-29-11-25-27(13-31(29)54)38(64)36(33(25)23(15-56)16-57)60-49-62-45-42(73-49)35-41(71-45)43-40(70-51(35,47(66)68-19-21-7-3-1-4-8-21)48(67)69-20-22-9-5-2-6-10-22)44-46(72-43)63-50(74-44)61-37-34(24(17-58)18-59)26-12-30(53)32(55)14-28(26)39(37)65/h1-14H,19-20H2. The summed E-state index contributed by atoms with van der Waals surface area (Å²) >= 11 is 3.56. The van der Waals surface area contributed by atoms with E-state index < -0.39 is 74.9 Å². The van der Waals surface area contributed by atoms with Gasteiger partial charge >= 0.3 is 17.5 Å². The lowest BCUT2D eigenvalue weighted by Gasteiger charge is -2.33. The number of Topliss-reactive ketones (excluding diaryl/α,β-unsaturated/α-hetero) is 2. The molecular weight excluding hydrogens is 1040 g/mol. The second-order valence-electron chi connectivity index (χ2n) is 15.9. The van der Waals surface area contributed by atoms with Crippen molar-refractivity contribution in [3.8, 4) is 39.8 Å². The lowest BCUT2D eigenvalue weighted by molar-refractivity contribution is -0.183. The molecule has 0 N–H and O–H groups in total. The van der Waals surface area contributed by atoms with E-state index in [1.807, 2.05) is 0 Å². The Hall–Kier alpha value is -9.36. The minimum atomic E-state index is -2.82. The molecule has 0 atom stereocenters. The molecule has 15 nitrogen and oxygen atoms in total. The van der Waals surface area contributed by atoms with Gasteiger partial charge in [0.05, 0.1) is 20.0 Å². The molecule has 0 radical (unpaired) electrons. The van der Waals surface area contributed by atoms with Crippen molar-refractivity contribution in [2.45, 2.75) is 18.8 Å². The minimum Gasteiger partial charge on any atom is -0.457 e. The van der Waals surface area contributed by atoms with Gasteiger partial charge in [0.25, 0.3) is 0 Å². The fourth-order valence-corrected chi connectivity index (χ4v) is 13.1. The van der Waals surface area contributed by atoms with Gasteiger partial charge in [-0.25, -0.2) is 47.1 Å². The Morgan fingerprint density at radius 2 is 0.986 bits per heavy atom. The molecule has 0 saturated carbocycles. The highest BCUT2D eigenvalue weighted by Gasteiger charge is 2.60. The second-order valence-corrected chi connectivity index (χ2v) is 19.8. The molecule has 23 heteroatoms. The number of nitriles is 4. The smallest absolute Gasteiger partial charge is 0.367 e. The van der Waals surface area contributed by atoms with Gasteiger partial charge in [0.1, 0.15) is 74.4 Å². The van der Waals surface area contributed by atoms with Gasteiger partial charge in [0, 0.05) is 33.4 Å². The molecule has 74 heavy (non-hydrogen) atoms. The average molecular weight is 1060 g/mol. The van der Waals surface area contributed by atoms with E-state index in [0.29, 0.717) is 40.3 Å². The van der Waals surface area contributed by atoms with E-state index in [1.165, 1.54) is 0 Å². The van der Waals surface area contributed by atoms with Crippen LogP contribution in [0.4, 0.5) is 27.8 Å². The normalized spacial score (nSPS) is 14.9. The summed E-state index contributed by atoms with van der Waals surface area (Å²) in [5.41, 5.74) is -6.05. The highest BCUT2D eigenvalue weighted by Crippen LogP contribution is 2.61. The zero-order valence-electron chi connectivity index (χ0n) is 36.6. The Balaban J connectivity index is 1.10. The maximum atomic E-state index is 15.2. The van der Waals surface area contributed by atoms with Crippen LogP contribution in [0.15, 0.2) is 106 Å². The van der Waals surface area contributed by atoms with Gasteiger partial charge in [-0.1, -0.05) is 83.3 Å². The molecule has 0 fully saturated rings. The van der Waals surface area contributed by atoms with Crippen molar-refractivity contribution in [2.75, 3.05) is 0 Å². The molecule has 356 valence electrons. The molecule has 11 rings (SSSR count). The number of aromatic nitrogens is 2. The molecule has 0 saturated heterocycles. The molecule has 4 aromatic carbocycles. The number of benzene rings is 4. The molecule has 0 unspecified atom stereocenters. The van der Waals surface area contributed by atoms with E-state index in [4.69, 9.17) is 14.2 Å². The average Bonchev–Trinajstić information content (AvgIpc) is 4.27. The van der Waals surface area contributed by atoms with Gasteiger partial charge in [-0.15, -0.1) is 22.7 Å². The molecular formula is C51H18F4N8O7S4. The minimum absolute atomic E-state index is 0.0797. The van der Waals surface area contributed by atoms with E-state index in [1.54, 1.807) is 84.9 Å². The Bertz CT molecular complexity index is 4120. The number of rotatable bonds is 8. The van der Waals surface area contributed by atoms with Crippen LogP contribution in [-0.2, 0) is 37.9 Å². The van der Waals surface area contributed by atoms with Crippen LogP contribution < -0.4 is 4.74 Å². The zero-order valence-corrected chi connectivity index (χ0v) is 39.8. The monoisotopic (exact) mass is 1060 g/mol. The lowest BCUT2D eigenvalue weighted by Crippen LogP contribution is -2.52. The molecule has 0 spiro atoms. The largest absolute Gasteiger partial charge is 0.457 e. The summed E-state index contributed by atoms with van der Waals surface area (Å²) in [6.07, 6.45) is 0. The number of nitrogens with zero attached hydrogens (tertiary/aromatic N) is 8. The SMILES string of the molecule is N#CC(C#N)=C1C(=Nc2nc3sc4c(c3s2)OC(C(=O)OCc2ccccc2)(C(=O)OCc2ccccc2)c2c-4sc3nc(N=C4C(=O)c5cc(F)c(F)cc5C4=C(C#N)C#N)sc23)C(=O)c2cc(F)c(F)cc21. The Morgan fingerprint density at radius 1 is 0.581 bits per heavy atom. The summed E-state index contributed by atoms with van der Waals surface area (Å²) in [6.45, 7) is -0.719. The number of allylic oxidation sites excluding steroid dienone is 4. The summed E-state index contributed by atoms with van der Waals surface area (Å²) in [7, 11) is 0. The van der Waals surface area contributed by atoms with Crippen molar-refractivity contribution in [2.24, 2.45) is 9.98 Å². The first kappa shape index (κ1) is 47.0. The van der Waals surface area contributed by atoms with Crippen molar-refractivity contribution >= 4 is 121 Å². The lowest BCUT2D eigenvalue weighted by atomic mass is 9.91. The van der Waals surface area contributed by atoms with Gasteiger partial charge in [0.2, 0.25) is 21.8 Å². The number of halogens is 4. The van der Waals surface area contributed by atoms with Crippen molar-refractivity contribution in [3.05, 3.63) is 158 Å². The van der Waals surface area contributed by atoms with Crippen LogP contribution in [0.1, 0.15) is 48.5 Å². The second kappa shape index (κ2) is 18.0. The van der Waals surface area contributed by atoms with Gasteiger partial charge in [-0.3, -0.25) is 9.59 Å². The Kier molecular flexibility index (Phi) is 11.5. The van der Waals surface area contributed by atoms with Crippen molar-refractivity contribution in [3.63, 3.8) is 0 Å². The van der Waals surface area contributed by atoms with Crippen molar-refractivity contribution in [1.82, 2.24) is 9.97 Å². The molecule has 8 aromatic rings. The maximum Gasteiger partial charge on any atom is 0.367 e. The number of ether oxygens (including phenoxy) is 3. The summed E-state index contributed by atoms with van der Waals surface area (Å²) in [5.74, 6) is -9.86. The number of fused-ring (bicyclic) bond motifs is 9. The van der Waals surface area contributed by atoms with Gasteiger partial charge in [-0.2, -0.15) is 21.0 Å². The number of aliphatic imine (C=N–C) groups is 2. The van der Waals surface area contributed by atoms with Crippen LogP contribution in [0.25, 0.3) is 40.0 Å². The van der Waals surface area contributed by atoms with Gasteiger partial charge in [0.15, 0.2) is 29.0 Å². The van der Waals surface area contributed by atoms with E-state index in [9.17, 15) is 48.2 Å². The molecule has 4 aromatic heterocycles. The molecule has 0 bridgehead atoms. The first-order chi connectivity index (χ1) is 35.8. The first-order valence-corrected chi connectivity index (χ1v) is 24.4. The molecule has 2 aliphatic carbocycles. The maximum absolute atomic E-state index is 15.2. The Labute approximate surface area is 427 Å². The predicted octanol–water partition coefficient (Wildman–Crippen LogP) is 10.9. The summed E-state index contributed by atoms with van der Waals surface area (Å²) in [5, 5.41) is 39.1. The number of thiazole rings is 2.